The van der Waals surface area contributed by atoms with E-state index in [9.17, 15) is 9.18 Å². The molecule has 4 heteroatoms. The Hall–Kier alpha value is -1.87. The minimum atomic E-state index is -0.496. The summed E-state index contributed by atoms with van der Waals surface area (Å²) in [5.74, 6) is -0.364. The zero-order chi connectivity index (χ0) is 14.3. The van der Waals surface area contributed by atoms with Crippen molar-refractivity contribution < 1.29 is 13.9 Å². The van der Waals surface area contributed by atoms with Crippen molar-refractivity contribution >= 4 is 17.4 Å². The molecule has 0 saturated heterocycles. The molecule has 102 valence electrons. The van der Waals surface area contributed by atoms with E-state index in [-0.39, 0.29) is 5.56 Å². The van der Waals surface area contributed by atoms with Crippen LogP contribution in [0.3, 0.4) is 0 Å². The third-order valence-electron chi connectivity index (χ3n) is 3.43. The average Bonchev–Trinajstić information content (AvgIpc) is 2.88. The molecule has 0 unspecified atom stereocenters. The normalized spacial score (nSPS) is 12.9. The highest BCUT2D eigenvalue weighted by molar-refractivity contribution is 6.31. The minimum absolute atomic E-state index is 0.0463. The number of benzene rings is 2. The summed E-state index contributed by atoms with van der Waals surface area (Å²) in [5, 5.41) is 0.464. The first-order valence-corrected chi connectivity index (χ1v) is 6.71. The number of ether oxygens (including phenoxy) is 1. The number of aryl methyl sites for hydroxylation is 1. The number of halogens is 2. The van der Waals surface area contributed by atoms with E-state index in [0.29, 0.717) is 34.9 Å². The standard InChI is InChI=1S/C16H12ClFO2/c1-9-3-2-4-12(14(9)18)15(19)13-8-11(17)7-10-5-6-20-16(10)13/h2-4,7-8H,5-6H2,1H3. The molecule has 0 aliphatic carbocycles. The SMILES string of the molecule is Cc1cccc(C(=O)c2cc(Cl)cc3c2OCC3)c1F. The van der Waals surface area contributed by atoms with E-state index in [1.807, 2.05) is 0 Å². The van der Waals surface area contributed by atoms with Crippen molar-refractivity contribution in [3.63, 3.8) is 0 Å². The highest BCUT2D eigenvalue weighted by Gasteiger charge is 2.24. The number of fused-ring (bicyclic) bond motifs is 1. The van der Waals surface area contributed by atoms with Crippen molar-refractivity contribution in [2.45, 2.75) is 13.3 Å². The lowest BCUT2D eigenvalue weighted by Crippen LogP contribution is -2.07. The Morgan fingerprint density at radius 3 is 2.90 bits per heavy atom. The van der Waals surface area contributed by atoms with E-state index < -0.39 is 11.6 Å². The zero-order valence-electron chi connectivity index (χ0n) is 10.9. The molecule has 1 aliphatic rings. The fourth-order valence-corrected chi connectivity index (χ4v) is 2.65. The van der Waals surface area contributed by atoms with E-state index in [4.69, 9.17) is 16.3 Å². The molecule has 0 amide bonds. The molecule has 0 spiro atoms. The number of hydrogen-bond acceptors (Lipinski definition) is 2. The molecule has 2 aromatic rings. The van der Waals surface area contributed by atoms with Crippen LogP contribution in [0, 0.1) is 12.7 Å². The Morgan fingerprint density at radius 1 is 1.30 bits per heavy atom. The van der Waals surface area contributed by atoms with Gasteiger partial charge in [-0.15, -0.1) is 0 Å². The molecule has 0 radical (unpaired) electrons. The summed E-state index contributed by atoms with van der Waals surface area (Å²) < 4.78 is 19.6. The van der Waals surface area contributed by atoms with Crippen LogP contribution in [-0.2, 0) is 6.42 Å². The van der Waals surface area contributed by atoms with Crippen LogP contribution < -0.4 is 4.74 Å². The molecular weight excluding hydrogens is 279 g/mol. The van der Waals surface area contributed by atoms with Crippen LogP contribution in [0.15, 0.2) is 30.3 Å². The Labute approximate surface area is 121 Å². The molecule has 0 aromatic heterocycles. The van der Waals surface area contributed by atoms with Crippen LogP contribution in [0.25, 0.3) is 0 Å². The van der Waals surface area contributed by atoms with Gasteiger partial charge in [0.25, 0.3) is 0 Å². The average molecular weight is 291 g/mol. The first-order valence-electron chi connectivity index (χ1n) is 6.33. The van der Waals surface area contributed by atoms with Crippen molar-refractivity contribution in [3.05, 3.63) is 63.4 Å². The van der Waals surface area contributed by atoms with Gasteiger partial charge in [0.05, 0.1) is 17.7 Å². The maximum Gasteiger partial charge on any atom is 0.199 e. The van der Waals surface area contributed by atoms with Gasteiger partial charge in [0.2, 0.25) is 0 Å². The Balaban J connectivity index is 2.14. The molecule has 0 fully saturated rings. The van der Waals surface area contributed by atoms with Gasteiger partial charge in [0.1, 0.15) is 11.6 Å². The van der Waals surface area contributed by atoms with Gasteiger partial charge in [-0.25, -0.2) is 4.39 Å². The summed E-state index contributed by atoms with van der Waals surface area (Å²) in [6.07, 6.45) is 0.715. The molecule has 0 atom stereocenters. The first kappa shape index (κ1) is 13.1. The van der Waals surface area contributed by atoms with Crippen LogP contribution in [0.5, 0.6) is 5.75 Å². The van der Waals surface area contributed by atoms with Crippen LogP contribution in [-0.4, -0.2) is 12.4 Å². The molecule has 0 N–H and O–H groups in total. The van der Waals surface area contributed by atoms with Crippen molar-refractivity contribution in [3.8, 4) is 5.75 Å². The number of carbonyl (C=O) groups is 1. The zero-order valence-corrected chi connectivity index (χ0v) is 11.6. The molecule has 1 aliphatic heterocycles. The number of hydrogen-bond donors (Lipinski definition) is 0. The second-order valence-electron chi connectivity index (χ2n) is 4.81. The van der Waals surface area contributed by atoms with Gasteiger partial charge in [-0.1, -0.05) is 23.7 Å². The summed E-state index contributed by atoms with van der Waals surface area (Å²) in [6, 6.07) is 8.10. The van der Waals surface area contributed by atoms with Crippen LogP contribution in [0.4, 0.5) is 4.39 Å². The fraction of sp³-hybridized carbons (Fsp3) is 0.188. The molecule has 20 heavy (non-hydrogen) atoms. The van der Waals surface area contributed by atoms with Crippen molar-refractivity contribution in [2.24, 2.45) is 0 Å². The van der Waals surface area contributed by atoms with Crippen LogP contribution >= 0.6 is 11.6 Å². The lowest BCUT2D eigenvalue weighted by molar-refractivity contribution is 0.103. The third kappa shape index (κ3) is 2.08. The monoisotopic (exact) mass is 290 g/mol. The van der Waals surface area contributed by atoms with E-state index in [1.54, 1.807) is 25.1 Å². The Kier molecular flexibility index (Phi) is 3.22. The van der Waals surface area contributed by atoms with Gasteiger partial charge in [0.15, 0.2) is 5.78 Å². The lowest BCUT2D eigenvalue weighted by atomic mass is 9.98. The highest BCUT2D eigenvalue weighted by atomic mass is 35.5. The Bertz CT molecular complexity index is 710. The molecule has 0 saturated carbocycles. The maximum absolute atomic E-state index is 14.1. The maximum atomic E-state index is 14.1. The topological polar surface area (TPSA) is 26.3 Å². The van der Waals surface area contributed by atoms with Gasteiger partial charge in [-0.05, 0) is 36.2 Å². The molecule has 2 aromatic carbocycles. The Morgan fingerprint density at radius 2 is 2.10 bits per heavy atom. The smallest absolute Gasteiger partial charge is 0.199 e. The minimum Gasteiger partial charge on any atom is -0.492 e. The van der Waals surface area contributed by atoms with E-state index >= 15 is 0 Å². The van der Waals surface area contributed by atoms with E-state index in [2.05, 4.69) is 0 Å². The summed E-state index contributed by atoms with van der Waals surface area (Å²) in [4.78, 5) is 12.6. The van der Waals surface area contributed by atoms with Gasteiger partial charge in [-0.3, -0.25) is 4.79 Å². The van der Waals surface area contributed by atoms with Crippen molar-refractivity contribution in [1.29, 1.82) is 0 Å². The quantitative estimate of drug-likeness (QED) is 0.783. The van der Waals surface area contributed by atoms with Gasteiger partial charge >= 0.3 is 0 Å². The molecular formula is C16H12ClFO2. The largest absolute Gasteiger partial charge is 0.492 e. The highest BCUT2D eigenvalue weighted by Crippen LogP contribution is 2.34. The molecule has 0 bridgehead atoms. The number of ketones is 1. The van der Waals surface area contributed by atoms with E-state index in [1.165, 1.54) is 12.1 Å². The summed E-state index contributed by atoms with van der Waals surface area (Å²) in [5.41, 5.74) is 1.71. The van der Waals surface area contributed by atoms with Crippen LogP contribution in [0.1, 0.15) is 27.0 Å². The molecule has 1 heterocycles. The predicted octanol–water partition coefficient (Wildman–Crippen LogP) is 3.95. The predicted molar refractivity (Wildman–Crippen MR) is 75.2 cm³/mol. The van der Waals surface area contributed by atoms with Crippen LogP contribution in [0.2, 0.25) is 5.02 Å². The van der Waals surface area contributed by atoms with E-state index in [0.717, 1.165) is 5.56 Å². The van der Waals surface area contributed by atoms with Crippen molar-refractivity contribution in [1.82, 2.24) is 0 Å². The summed E-state index contributed by atoms with van der Waals surface area (Å²) >= 11 is 6.03. The molecule has 3 rings (SSSR count). The third-order valence-corrected chi connectivity index (χ3v) is 3.65. The number of carbonyl (C=O) groups excluding carboxylic acids is 1. The van der Waals surface area contributed by atoms with Gasteiger partial charge < -0.3 is 4.74 Å². The van der Waals surface area contributed by atoms with Gasteiger partial charge in [0, 0.05) is 11.4 Å². The number of rotatable bonds is 2. The fourth-order valence-electron chi connectivity index (χ4n) is 2.41. The molecule has 2 nitrogen and oxygen atoms in total. The first-order chi connectivity index (χ1) is 9.58. The second-order valence-corrected chi connectivity index (χ2v) is 5.24. The van der Waals surface area contributed by atoms with Crippen molar-refractivity contribution in [2.75, 3.05) is 6.61 Å². The summed E-state index contributed by atoms with van der Waals surface area (Å²) in [6.45, 7) is 2.15. The second kappa shape index (κ2) is 4.91. The lowest BCUT2D eigenvalue weighted by Gasteiger charge is -2.09. The summed E-state index contributed by atoms with van der Waals surface area (Å²) in [7, 11) is 0. The van der Waals surface area contributed by atoms with Gasteiger partial charge in [-0.2, -0.15) is 0 Å².